The highest BCUT2D eigenvalue weighted by Gasteiger charge is 2.83. The fourth-order valence-corrected chi connectivity index (χ4v) is 7.96. The van der Waals surface area contributed by atoms with E-state index in [-0.39, 0.29) is 43.8 Å². The van der Waals surface area contributed by atoms with E-state index in [1.807, 2.05) is 0 Å². The topological polar surface area (TPSA) is 141 Å². The Hall–Kier alpha value is -2.37. The minimum absolute atomic E-state index is 0.00461. The second-order valence-electron chi connectivity index (χ2n) is 12.1. The van der Waals surface area contributed by atoms with Gasteiger partial charge in [-0.1, -0.05) is 24.6 Å². The van der Waals surface area contributed by atoms with E-state index in [2.05, 4.69) is 19.9 Å². The van der Waals surface area contributed by atoms with E-state index in [4.69, 9.17) is 23.7 Å². The highest BCUT2D eigenvalue weighted by atomic mass is 16.6. The quantitative estimate of drug-likeness (QED) is 0.283. The number of ketones is 1. The lowest BCUT2D eigenvalue weighted by Crippen LogP contribution is -2.66. The van der Waals surface area contributed by atoms with Gasteiger partial charge in [0.25, 0.3) is 0 Å². The van der Waals surface area contributed by atoms with Crippen LogP contribution in [-0.4, -0.2) is 89.5 Å². The number of ether oxygens (including phenoxy) is 5. The largest absolute Gasteiger partial charge is 0.462 e. The Bertz CT molecular complexity index is 1180. The van der Waals surface area contributed by atoms with Crippen molar-refractivity contribution in [2.45, 2.75) is 94.6 Å². The molecule has 6 rings (SSSR count). The standard InChI is InChI=1S/C29H36O10/c1-16-7-9-27-14-35-24(33)12-18-8-10-36-29(17(2)30,25(18)34)19(31)5-4-6-23(32)39-20-13-22(38-21(27)11-16)28(15-37-28)26(20,27)3/h4,6,11-12,19-22,25,31,34H,5,7-10,13-15H2,1-3H3/b6-4-,18-12?/t19-,20+,21+,22+,25+,26+,27+,28-,29-/m0/s1. The monoisotopic (exact) mass is 544 g/mol. The number of allylic oxidation sites excluding steroid dienone is 1. The van der Waals surface area contributed by atoms with Crippen LogP contribution in [-0.2, 0) is 38.1 Å². The zero-order valence-corrected chi connectivity index (χ0v) is 22.5. The fraction of sp³-hybridized carbons (Fsp3) is 0.690. The molecule has 6 aliphatic rings. The van der Waals surface area contributed by atoms with Gasteiger partial charge in [0.15, 0.2) is 11.4 Å². The average molecular weight is 545 g/mol. The van der Waals surface area contributed by atoms with E-state index in [1.165, 1.54) is 30.7 Å². The molecule has 2 aliphatic carbocycles. The van der Waals surface area contributed by atoms with Crippen LogP contribution in [0.25, 0.3) is 0 Å². The van der Waals surface area contributed by atoms with Crippen molar-refractivity contribution in [3.05, 3.63) is 35.5 Å². The molecule has 0 radical (unpaired) electrons. The van der Waals surface area contributed by atoms with Gasteiger partial charge in [-0.25, -0.2) is 9.59 Å². The molecular weight excluding hydrogens is 508 g/mol. The number of carbonyl (C=O) groups excluding carboxylic acids is 3. The van der Waals surface area contributed by atoms with Gasteiger partial charge in [0.05, 0.1) is 36.9 Å². The second-order valence-corrected chi connectivity index (χ2v) is 12.1. The zero-order valence-electron chi connectivity index (χ0n) is 22.5. The molecule has 1 saturated carbocycles. The summed E-state index contributed by atoms with van der Waals surface area (Å²) in [6.45, 7) is 5.82. The molecule has 0 unspecified atom stereocenters. The lowest BCUT2D eigenvalue weighted by Gasteiger charge is -2.58. The number of rotatable bonds is 1. The van der Waals surface area contributed by atoms with Crippen LogP contribution >= 0.6 is 0 Å². The molecule has 3 saturated heterocycles. The molecule has 39 heavy (non-hydrogen) atoms. The van der Waals surface area contributed by atoms with Crippen molar-refractivity contribution in [2.75, 3.05) is 19.8 Å². The highest BCUT2D eigenvalue weighted by molar-refractivity contribution is 5.89. The van der Waals surface area contributed by atoms with Crippen molar-refractivity contribution in [3.8, 4) is 0 Å². The normalized spacial score (nSPS) is 48.3. The lowest BCUT2D eigenvalue weighted by molar-refractivity contribution is -0.232. The molecule has 212 valence electrons. The number of esters is 2. The summed E-state index contributed by atoms with van der Waals surface area (Å²) in [5.74, 6) is -1.86. The van der Waals surface area contributed by atoms with Crippen LogP contribution in [0.15, 0.2) is 35.5 Å². The molecule has 9 atom stereocenters. The Morgan fingerprint density at radius 1 is 1.08 bits per heavy atom. The number of hydrogen-bond acceptors (Lipinski definition) is 10. The predicted molar refractivity (Wildman–Crippen MR) is 134 cm³/mol. The molecule has 4 heterocycles. The van der Waals surface area contributed by atoms with Crippen molar-refractivity contribution in [2.24, 2.45) is 10.8 Å². The van der Waals surface area contributed by atoms with Gasteiger partial charge in [0, 0.05) is 24.0 Å². The number of Topliss-reactive ketones (excluding diaryl/α,β-unsaturated/α-hetero) is 1. The maximum absolute atomic E-state index is 13.2. The molecule has 2 spiro atoms. The molecule has 0 amide bonds. The summed E-state index contributed by atoms with van der Waals surface area (Å²) in [6.07, 6.45) is 3.64. The first-order valence-electron chi connectivity index (χ1n) is 13.7. The smallest absolute Gasteiger partial charge is 0.330 e. The van der Waals surface area contributed by atoms with Crippen molar-refractivity contribution in [3.63, 3.8) is 0 Å². The van der Waals surface area contributed by atoms with E-state index < -0.39 is 58.1 Å². The van der Waals surface area contributed by atoms with E-state index in [1.54, 1.807) is 0 Å². The van der Waals surface area contributed by atoms with Gasteiger partial charge < -0.3 is 33.9 Å². The number of aliphatic hydroxyl groups is 2. The van der Waals surface area contributed by atoms with E-state index in [9.17, 15) is 24.6 Å². The Morgan fingerprint density at radius 3 is 2.56 bits per heavy atom. The maximum Gasteiger partial charge on any atom is 0.330 e. The van der Waals surface area contributed by atoms with Crippen molar-refractivity contribution in [1.29, 1.82) is 0 Å². The number of cyclic esters (lactones) is 1. The van der Waals surface area contributed by atoms with Crippen molar-refractivity contribution < 1.29 is 48.3 Å². The molecule has 4 aliphatic heterocycles. The van der Waals surface area contributed by atoms with Crippen LogP contribution < -0.4 is 0 Å². The van der Waals surface area contributed by atoms with Gasteiger partial charge >= 0.3 is 11.9 Å². The zero-order chi connectivity index (χ0) is 27.8. The van der Waals surface area contributed by atoms with Gasteiger partial charge in [-0.05, 0) is 45.1 Å². The number of epoxide rings is 1. The van der Waals surface area contributed by atoms with Crippen LogP contribution in [0.2, 0.25) is 0 Å². The molecule has 4 fully saturated rings. The van der Waals surface area contributed by atoms with Gasteiger partial charge in [-0.15, -0.1) is 0 Å². The molecule has 0 aromatic carbocycles. The SMILES string of the molecule is CC(=O)[C@]12OCCC(=CC(=O)OC[C@]34CCC(C)=C[C@H]3O[C@@H]3C[C@@H](OC(=O)/C=C\C[C@@H]1O)[C@@]4(C)[C@]31CO1)[C@H]2O. The minimum Gasteiger partial charge on any atom is -0.462 e. The van der Waals surface area contributed by atoms with Crippen molar-refractivity contribution >= 4 is 17.7 Å². The summed E-state index contributed by atoms with van der Waals surface area (Å²) in [6, 6.07) is 0. The van der Waals surface area contributed by atoms with Crippen molar-refractivity contribution in [1.82, 2.24) is 0 Å². The molecule has 2 N–H and O–H groups in total. The van der Waals surface area contributed by atoms with Gasteiger partial charge in [0.1, 0.15) is 24.4 Å². The van der Waals surface area contributed by atoms with Crippen LogP contribution in [0.3, 0.4) is 0 Å². The summed E-state index contributed by atoms with van der Waals surface area (Å²) in [5.41, 5.74) is -2.60. The van der Waals surface area contributed by atoms with Gasteiger partial charge in [-0.3, -0.25) is 4.79 Å². The highest BCUT2D eigenvalue weighted by Crippen LogP contribution is 2.72. The fourth-order valence-electron chi connectivity index (χ4n) is 7.96. The molecule has 10 heteroatoms. The third kappa shape index (κ3) is 3.61. The van der Waals surface area contributed by atoms with E-state index >= 15 is 0 Å². The first-order chi connectivity index (χ1) is 18.5. The number of aliphatic hydroxyl groups excluding tert-OH is 2. The summed E-state index contributed by atoms with van der Waals surface area (Å²) in [5, 5.41) is 22.2. The van der Waals surface area contributed by atoms with E-state index in [0.29, 0.717) is 19.4 Å². The van der Waals surface area contributed by atoms with Gasteiger partial charge in [-0.2, -0.15) is 0 Å². The average Bonchev–Trinajstić information content (AvgIpc) is 3.66. The summed E-state index contributed by atoms with van der Waals surface area (Å²) < 4.78 is 30.4. The maximum atomic E-state index is 13.2. The Kier molecular flexibility index (Phi) is 6.24. The first kappa shape index (κ1) is 26.8. The molecule has 0 aromatic rings. The number of hydrogen-bond donors (Lipinski definition) is 2. The Labute approximate surface area is 226 Å². The summed E-state index contributed by atoms with van der Waals surface area (Å²) >= 11 is 0. The summed E-state index contributed by atoms with van der Waals surface area (Å²) in [4.78, 5) is 39.0. The minimum atomic E-state index is -1.97. The van der Waals surface area contributed by atoms with Crippen LogP contribution in [0.4, 0.5) is 0 Å². The van der Waals surface area contributed by atoms with E-state index in [0.717, 1.165) is 6.42 Å². The molecule has 10 nitrogen and oxygen atoms in total. The van der Waals surface area contributed by atoms with Gasteiger partial charge in [0.2, 0.25) is 0 Å². The van der Waals surface area contributed by atoms with Crippen LogP contribution in [0.1, 0.15) is 52.9 Å². The number of carbonyl (C=O) groups is 3. The third-order valence-corrected chi connectivity index (χ3v) is 10.4. The molecular formula is C29H36O10. The number of fused-ring (bicyclic) bond motifs is 2. The van der Waals surface area contributed by atoms with Crippen LogP contribution in [0, 0.1) is 10.8 Å². The lowest BCUT2D eigenvalue weighted by atomic mass is 9.51. The Morgan fingerprint density at radius 2 is 1.85 bits per heavy atom. The molecule has 4 bridgehead atoms. The third-order valence-electron chi connectivity index (χ3n) is 10.4. The first-order valence-corrected chi connectivity index (χ1v) is 13.7. The summed E-state index contributed by atoms with van der Waals surface area (Å²) in [7, 11) is 0. The predicted octanol–water partition coefficient (Wildman–Crippen LogP) is 1.47. The second kappa shape index (κ2) is 9.07. The van der Waals surface area contributed by atoms with Crippen LogP contribution in [0.5, 0.6) is 0 Å². The molecule has 0 aromatic heterocycles. The Balaban J connectivity index is 1.43.